The van der Waals surface area contributed by atoms with E-state index in [2.05, 4.69) is 9.98 Å². The van der Waals surface area contributed by atoms with E-state index in [0.717, 1.165) is 17.0 Å². The van der Waals surface area contributed by atoms with Crippen molar-refractivity contribution in [3.63, 3.8) is 0 Å². The lowest BCUT2D eigenvalue weighted by Crippen LogP contribution is -1.82. The van der Waals surface area contributed by atoms with Gasteiger partial charge in [0.15, 0.2) is 0 Å². The fourth-order valence-electron chi connectivity index (χ4n) is 1.70. The topological polar surface area (TPSA) is 47.6 Å². The molecule has 3 aromatic rings. The number of nitrogens with zero attached hydrogens (tertiary/aromatic N) is 2. The largest absolute Gasteiger partial charge is 0.497 e. The Labute approximate surface area is 120 Å². The maximum Gasteiger partial charge on any atom is 0.209 e. The molecule has 0 spiro atoms. The molecule has 20 heavy (non-hydrogen) atoms. The highest BCUT2D eigenvalue weighted by molar-refractivity contribution is 7.13. The van der Waals surface area contributed by atoms with Crippen LogP contribution in [0.15, 0.2) is 57.5 Å². The van der Waals surface area contributed by atoms with E-state index in [1.54, 1.807) is 19.6 Å². The van der Waals surface area contributed by atoms with Crippen LogP contribution in [0.4, 0.5) is 5.13 Å². The molecule has 0 saturated heterocycles. The first kappa shape index (κ1) is 12.6. The molecule has 2 heterocycles. The van der Waals surface area contributed by atoms with Crippen LogP contribution >= 0.6 is 11.3 Å². The molecule has 0 saturated carbocycles. The van der Waals surface area contributed by atoms with E-state index in [1.165, 1.54) is 11.3 Å². The van der Waals surface area contributed by atoms with E-state index in [1.807, 2.05) is 41.8 Å². The van der Waals surface area contributed by atoms with Gasteiger partial charge in [0, 0.05) is 10.9 Å². The van der Waals surface area contributed by atoms with Crippen LogP contribution in [-0.2, 0) is 0 Å². The minimum atomic E-state index is 0.701. The SMILES string of the molecule is COc1ccc(-c2csc(N=Cc3ccco3)n2)cc1. The van der Waals surface area contributed by atoms with Gasteiger partial charge in [-0.2, -0.15) is 0 Å². The van der Waals surface area contributed by atoms with Crippen molar-refractivity contribution in [2.45, 2.75) is 0 Å². The predicted molar refractivity (Wildman–Crippen MR) is 80.1 cm³/mol. The number of aromatic nitrogens is 1. The molecule has 0 bridgehead atoms. The van der Waals surface area contributed by atoms with Crippen LogP contribution in [-0.4, -0.2) is 18.3 Å². The normalized spacial score (nSPS) is 11.1. The molecule has 3 rings (SSSR count). The van der Waals surface area contributed by atoms with Gasteiger partial charge in [0.1, 0.15) is 11.5 Å². The van der Waals surface area contributed by atoms with Crippen molar-refractivity contribution in [3.8, 4) is 17.0 Å². The molecule has 0 radical (unpaired) electrons. The van der Waals surface area contributed by atoms with Crippen LogP contribution in [0.3, 0.4) is 0 Å². The van der Waals surface area contributed by atoms with Crippen LogP contribution in [0.5, 0.6) is 5.75 Å². The average Bonchev–Trinajstić information content (AvgIpc) is 3.17. The van der Waals surface area contributed by atoms with Gasteiger partial charge in [0.2, 0.25) is 5.13 Å². The Balaban J connectivity index is 1.79. The minimum Gasteiger partial charge on any atom is -0.497 e. The molecule has 0 atom stereocenters. The molecule has 0 aliphatic heterocycles. The Kier molecular flexibility index (Phi) is 3.60. The summed E-state index contributed by atoms with van der Waals surface area (Å²) in [5.74, 6) is 1.55. The van der Waals surface area contributed by atoms with Gasteiger partial charge < -0.3 is 9.15 Å². The molecule has 2 aromatic heterocycles. The number of hydrogen-bond donors (Lipinski definition) is 0. The molecule has 1 aromatic carbocycles. The van der Waals surface area contributed by atoms with Crippen molar-refractivity contribution in [1.29, 1.82) is 0 Å². The number of thiazole rings is 1. The molecule has 0 fully saturated rings. The fourth-order valence-corrected chi connectivity index (χ4v) is 2.37. The lowest BCUT2D eigenvalue weighted by Gasteiger charge is -2.00. The maximum absolute atomic E-state index is 5.19. The highest BCUT2D eigenvalue weighted by Gasteiger charge is 2.04. The molecular weight excluding hydrogens is 272 g/mol. The van der Waals surface area contributed by atoms with E-state index < -0.39 is 0 Å². The third-order valence-corrected chi connectivity index (χ3v) is 3.47. The number of furan rings is 1. The van der Waals surface area contributed by atoms with E-state index in [-0.39, 0.29) is 0 Å². The molecule has 100 valence electrons. The maximum atomic E-state index is 5.19. The number of hydrogen-bond acceptors (Lipinski definition) is 5. The third-order valence-electron chi connectivity index (χ3n) is 2.72. The number of benzene rings is 1. The number of rotatable bonds is 4. The molecule has 0 amide bonds. The Hall–Kier alpha value is -2.40. The minimum absolute atomic E-state index is 0.701. The van der Waals surface area contributed by atoms with Crippen LogP contribution in [0.25, 0.3) is 11.3 Å². The second kappa shape index (κ2) is 5.71. The van der Waals surface area contributed by atoms with Crippen molar-refractivity contribution < 1.29 is 9.15 Å². The summed E-state index contributed by atoms with van der Waals surface area (Å²) < 4.78 is 10.3. The van der Waals surface area contributed by atoms with Gasteiger partial charge in [0.25, 0.3) is 0 Å². The second-order valence-corrected chi connectivity index (χ2v) is 4.85. The molecular formula is C15H12N2O2S. The van der Waals surface area contributed by atoms with Crippen molar-refractivity contribution in [1.82, 2.24) is 4.98 Å². The zero-order chi connectivity index (χ0) is 13.8. The molecule has 0 N–H and O–H groups in total. The number of methoxy groups -OCH3 is 1. The van der Waals surface area contributed by atoms with Crippen molar-refractivity contribution in [2.24, 2.45) is 4.99 Å². The van der Waals surface area contributed by atoms with Crippen LogP contribution in [0, 0.1) is 0 Å². The molecule has 0 unspecified atom stereocenters. The lowest BCUT2D eigenvalue weighted by atomic mass is 10.2. The van der Waals surface area contributed by atoms with Crippen molar-refractivity contribution in [2.75, 3.05) is 7.11 Å². The number of aliphatic imine (C=N–C) groups is 1. The van der Waals surface area contributed by atoms with E-state index in [9.17, 15) is 0 Å². The predicted octanol–water partition coefficient (Wildman–Crippen LogP) is 4.16. The van der Waals surface area contributed by atoms with Crippen LogP contribution in [0.2, 0.25) is 0 Å². The third kappa shape index (κ3) is 2.78. The Morgan fingerprint density at radius 2 is 2.10 bits per heavy atom. The summed E-state index contributed by atoms with van der Waals surface area (Å²) in [7, 11) is 1.65. The average molecular weight is 284 g/mol. The quantitative estimate of drug-likeness (QED) is 0.676. The zero-order valence-corrected chi connectivity index (χ0v) is 11.6. The van der Waals surface area contributed by atoms with Crippen LogP contribution in [0.1, 0.15) is 5.76 Å². The molecule has 5 heteroatoms. The Bertz CT molecular complexity index is 700. The van der Waals surface area contributed by atoms with Gasteiger partial charge in [-0.3, -0.25) is 0 Å². The highest BCUT2D eigenvalue weighted by atomic mass is 32.1. The summed E-state index contributed by atoms with van der Waals surface area (Å²) in [6.45, 7) is 0. The van der Waals surface area contributed by atoms with Crippen molar-refractivity contribution in [3.05, 3.63) is 53.8 Å². The lowest BCUT2D eigenvalue weighted by molar-refractivity contribution is 0.415. The zero-order valence-electron chi connectivity index (χ0n) is 10.8. The summed E-state index contributed by atoms with van der Waals surface area (Å²) in [4.78, 5) is 8.77. The van der Waals surface area contributed by atoms with E-state index in [0.29, 0.717) is 10.9 Å². The van der Waals surface area contributed by atoms with E-state index in [4.69, 9.17) is 9.15 Å². The van der Waals surface area contributed by atoms with Gasteiger partial charge in [0.05, 0.1) is 25.3 Å². The molecule has 0 aliphatic rings. The summed E-state index contributed by atoms with van der Waals surface area (Å²) in [5, 5.41) is 2.68. The summed E-state index contributed by atoms with van der Waals surface area (Å²) in [5.41, 5.74) is 1.95. The van der Waals surface area contributed by atoms with Gasteiger partial charge in [-0.05, 0) is 36.4 Å². The van der Waals surface area contributed by atoms with E-state index >= 15 is 0 Å². The number of ether oxygens (including phenoxy) is 1. The summed E-state index contributed by atoms with van der Waals surface area (Å²) >= 11 is 1.49. The highest BCUT2D eigenvalue weighted by Crippen LogP contribution is 2.27. The van der Waals surface area contributed by atoms with Crippen LogP contribution < -0.4 is 4.74 Å². The fraction of sp³-hybridized carbons (Fsp3) is 0.0667. The Morgan fingerprint density at radius 3 is 2.80 bits per heavy atom. The van der Waals surface area contributed by atoms with Gasteiger partial charge in [-0.25, -0.2) is 9.98 Å². The molecule has 0 aliphatic carbocycles. The Morgan fingerprint density at radius 1 is 1.25 bits per heavy atom. The second-order valence-electron chi connectivity index (χ2n) is 4.02. The first-order chi connectivity index (χ1) is 9.85. The first-order valence-corrected chi connectivity index (χ1v) is 6.90. The standard InChI is InChI=1S/C15H12N2O2S/c1-18-12-6-4-11(5-7-12)14-10-20-15(17-14)16-9-13-3-2-8-19-13/h2-10H,1H3. The van der Waals surface area contributed by atoms with Gasteiger partial charge in [-0.15, -0.1) is 11.3 Å². The first-order valence-electron chi connectivity index (χ1n) is 6.03. The summed E-state index contributed by atoms with van der Waals surface area (Å²) in [6, 6.07) is 11.5. The smallest absolute Gasteiger partial charge is 0.209 e. The van der Waals surface area contributed by atoms with Gasteiger partial charge in [-0.1, -0.05) is 0 Å². The summed E-state index contributed by atoms with van der Waals surface area (Å²) in [6.07, 6.45) is 3.28. The monoisotopic (exact) mass is 284 g/mol. The van der Waals surface area contributed by atoms with Gasteiger partial charge >= 0.3 is 0 Å². The molecule has 4 nitrogen and oxygen atoms in total. The van der Waals surface area contributed by atoms with Crippen molar-refractivity contribution >= 4 is 22.7 Å².